The summed E-state index contributed by atoms with van der Waals surface area (Å²) >= 11 is 0. The van der Waals surface area contributed by atoms with Gasteiger partial charge in [-0.1, -0.05) is 6.07 Å². The molecular formula is C9H13N2. The highest BCUT2D eigenvalue weighted by Crippen LogP contribution is 2.15. The Kier molecular flexibility index (Phi) is 2.49. The zero-order chi connectivity index (χ0) is 8.27. The van der Waals surface area contributed by atoms with Crippen molar-refractivity contribution in [3.05, 3.63) is 29.8 Å². The van der Waals surface area contributed by atoms with Crippen LogP contribution in [0.2, 0.25) is 0 Å². The number of nitrogens with zero attached hydrogens (tertiary/aromatic N) is 1. The lowest BCUT2D eigenvalue weighted by Gasteiger charge is -2.15. The van der Waals surface area contributed by atoms with Crippen LogP contribution in [-0.4, -0.2) is 14.1 Å². The van der Waals surface area contributed by atoms with Gasteiger partial charge in [0, 0.05) is 26.3 Å². The maximum atomic E-state index is 5.54. The molecule has 0 saturated carbocycles. The van der Waals surface area contributed by atoms with Crippen LogP contribution in [-0.2, 0) is 6.54 Å². The van der Waals surface area contributed by atoms with Crippen molar-refractivity contribution >= 4 is 5.69 Å². The van der Waals surface area contributed by atoms with E-state index >= 15 is 0 Å². The number of nitrogens with two attached hydrogens (primary N) is 1. The third kappa shape index (κ3) is 1.71. The van der Waals surface area contributed by atoms with Gasteiger partial charge in [0.1, 0.15) is 0 Å². The van der Waals surface area contributed by atoms with Crippen LogP contribution in [0.4, 0.5) is 5.69 Å². The molecule has 0 spiro atoms. The van der Waals surface area contributed by atoms with E-state index in [9.17, 15) is 0 Å². The highest BCUT2D eigenvalue weighted by molar-refractivity contribution is 5.51. The Balaban J connectivity index is 3.02. The lowest BCUT2D eigenvalue weighted by molar-refractivity contribution is 1.03. The van der Waals surface area contributed by atoms with E-state index in [0.717, 1.165) is 5.56 Å². The molecule has 0 heterocycles. The van der Waals surface area contributed by atoms with Gasteiger partial charge < -0.3 is 10.6 Å². The summed E-state index contributed by atoms with van der Waals surface area (Å²) in [4.78, 5) is 2.05. The minimum Gasteiger partial charge on any atom is -0.377 e. The number of anilines is 1. The van der Waals surface area contributed by atoms with Crippen molar-refractivity contribution in [2.45, 2.75) is 6.54 Å². The van der Waals surface area contributed by atoms with Crippen LogP contribution in [0.25, 0.3) is 0 Å². The topological polar surface area (TPSA) is 29.3 Å². The first kappa shape index (κ1) is 8.08. The van der Waals surface area contributed by atoms with Gasteiger partial charge in [-0.2, -0.15) is 0 Å². The van der Waals surface area contributed by atoms with E-state index < -0.39 is 0 Å². The molecule has 1 rings (SSSR count). The van der Waals surface area contributed by atoms with Crippen molar-refractivity contribution in [1.82, 2.24) is 0 Å². The van der Waals surface area contributed by atoms with Gasteiger partial charge in [0.15, 0.2) is 0 Å². The first-order valence-electron chi connectivity index (χ1n) is 3.62. The first-order chi connectivity index (χ1) is 5.25. The Hall–Kier alpha value is -1.02. The Labute approximate surface area is 67.6 Å². The number of hydrogen-bond acceptors (Lipinski definition) is 2. The third-order valence-corrected chi connectivity index (χ3v) is 1.63. The minimum absolute atomic E-state index is 0.574. The molecule has 0 aliphatic rings. The molecule has 11 heavy (non-hydrogen) atoms. The summed E-state index contributed by atoms with van der Waals surface area (Å²) in [7, 11) is 4.02. The molecule has 0 amide bonds. The lowest BCUT2D eigenvalue weighted by Crippen LogP contribution is -2.12. The van der Waals surface area contributed by atoms with Gasteiger partial charge in [0.25, 0.3) is 0 Å². The van der Waals surface area contributed by atoms with E-state index in [2.05, 4.69) is 11.0 Å². The Morgan fingerprint density at radius 3 is 2.73 bits per heavy atom. The second kappa shape index (κ2) is 3.39. The standard InChI is InChI=1S/C9H13N2/c1-11(2)9-6-4-3-5-8(9)7-10/h4-6H,7,10H2,1-2H3. The molecule has 1 aromatic carbocycles. The van der Waals surface area contributed by atoms with Crippen LogP contribution in [0.15, 0.2) is 18.2 Å². The van der Waals surface area contributed by atoms with Gasteiger partial charge in [-0.3, -0.25) is 0 Å². The van der Waals surface area contributed by atoms with Crippen molar-refractivity contribution in [1.29, 1.82) is 0 Å². The van der Waals surface area contributed by atoms with Crippen LogP contribution >= 0.6 is 0 Å². The molecule has 0 aliphatic carbocycles. The predicted molar refractivity (Wildman–Crippen MR) is 47.5 cm³/mol. The van der Waals surface area contributed by atoms with Crippen LogP contribution in [0.5, 0.6) is 0 Å². The number of hydrogen-bond donors (Lipinski definition) is 1. The summed E-state index contributed by atoms with van der Waals surface area (Å²) in [5, 5.41) is 0. The molecule has 0 bridgehead atoms. The summed E-state index contributed by atoms with van der Waals surface area (Å²) in [6, 6.07) is 8.84. The van der Waals surface area contributed by atoms with E-state index in [1.165, 1.54) is 5.69 Å². The van der Waals surface area contributed by atoms with Crippen LogP contribution < -0.4 is 10.6 Å². The predicted octanol–water partition coefficient (Wildman–Crippen LogP) is 1.01. The van der Waals surface area contributed by atoms with Crippen LogP contribution in [0.3, 0.4) is 0 Å². The lowest BCUT2D eigenvalue weighted by atomic mass is 10.2. The highest BCUT2D eigenvalue weighted by Gasteiger charge is 1.99. The second-order valence-electron chi connectivity index (χ2n) is 2.65. The van der Waals surface area contributed by atoms with E-state index in [0.29, 0.717) is 6.54 Å². The second-order valence-corrected chi connectivity index (χ2v) is 2.65. The summed E-state index contributed by atoms with van der Waals surface area (Å²) < 4.78 is 0. The monoisotopic (exact) mass is 149 g/mol. The van der Waals surface area contributed by atoms with Gasteiger partial charge in [-0.05, 0) is 23.8 Å². The fourth-order valence-electron chi connectivity index (χ4n) is 1.06. The summed E-state index contributed by atoms with van der Waals surface area (Å²) in [6.07, 6.45) is 0. The normalized spacial score (nSPS) is 9.73. The third-order valence-electron chi connectivity index (χ3n) is 1.63. The molecule has 2 heteroatoms. The molecule has 0 aromatic heterocycles. The quantitative estimate of drug-likeness (QED) is 0.680. The fraction of sp³-hybridized carbons (Fsp3) is 0.333. The van der Waals surface area contributed by atoms with Crippen LogP contribution in [0.1, 0.15) is 5.56 Å². The summed E-state index contributed by atoms with van der Waals surface area (Å²) in [5.41, 5.74) is 7.85. The largest absolute Gasteiger partial charge is 0.377 e. The first-order valence-corrected chi connectivity index (χ1v) is 3.62. The van der Waals surface area contributed by atoms with Crippen molar-refractivity contribution in [3.63, 3.8) is 0 Å². The van der Waals surface area contributed by atoms with Gasteiger partial charge in [0.2, 0.25) is 0 Å². The Morgan fingerprint density at radius 1 is 1.55 bits per heavy atom. The maximum absolute atomic E-state index is 5.54. The smallest absolute Gasteiger partial charge is 0.0406 e. The van der Waals surface area contributed by atoms with Gasteiger partial charge >= 0.3 is 0 Å². The van der Waals surface area contributed by atoms with Crippen molar-refractivity contribution < 1.29 is 0 Å². The van der Waals surface area contributed by atoms with Gasteiger partial charge in [0.05, 0.1) is 0 Å². The average molecular weight is 149 g/mol. The van der Waals surface area contributed by atoms with E-state index in [1.807, 2.05) is 32.3 Å². The van der Waals surface area contributed by atoms with Crippen LogP contribution in [0, 0.1) is 6.07 Å². The molecule has 1 aromatic rings. The Morgan fingerprint density at radius 2 is 2.27 bits per heavy atom. The summed E-state index contributed by atoms with van der Waals surface area (Å²) in [6.45, 7) is 0.574. The summed E-state index contributed by atoms with van der Waals surface area (Å²) in [5.74, 6) is 0. The molecule has 2 N–H and O–H groups in total. The zero-order valence-corrected chi connectivity index (χ0v) is 6.96. The fourth-order valence-corrected chi connectivity index (χ4v) is 1.06. The molecule has 0 aliphatic heterocycles. The zero-order valence-electron chi connectivity index (χ0n) is 6.96. The van der Waals surface area contributed by atoms with E-state index in [1.54, 1.807) is 0 Å². The molecule has 0 unspecified atom stereocenters. The van der Waals surface area contributed by atoms with Crippen molar-refractivity contribution in [2.75, 3.05) is 19.0 Å². The number of rotatable bonds is 2. The van der Waals surface area contributed by atoms with E-state index in [-0.39, 0.29) is 0 Å². The molecule has 0 atom stereocenters. The highest BCUT2D eigenvalue weighted by atomic mass is 15.1. The number of benzene rings is 1. The molecular weight excluding hydrogens is 136 g/mol. The molecule has 1 radical (unpaired) electrons. The molecule has 59 valence electrons. The molecule has 2 nitrogen and oxygen atoms in total. The Bertz CT molecular complexity index is 231. The van der Waals surface area contributed by atoms with E-state index in [4.69, 9.17) is 5.73 Å². The van der Waals surface area contributed by atoms with Crippen molar-refractivity contribution in [2.24, 2.45) is 5.73 Å². The average Bonchev–Trinajstić information content (AvgIpc) is 2.04. The van der Waals surface area contributed by atoms with Gasteiger partial charge in [-0.15, -0.1) is 0 Å². The van der Waals surface area contributed by atoms with Gasteiger partial charge in [-0.25, -0.2) is 0 Å². The SMILES string of the molecule is CN(C)c1cc[c]cc1CN. The maximum Gasteiger partial charge on any atom is 0.0406 e. The molecule has 0 fully saturated rings. The van der Waals surface area contributed by atoms with Crippen molar-refractivity contribution in [3.8, 4) is 0 Å². The molecule has 0 saturated heterocycles. The minimum atomic E-state index is 0.574.